The Hall–Kier alpha value is -2.17. The van der Waals surface area contributed by atoms with E-state index in [9.17, 15) is 16.8 Å². The second-order valence-electron chi connectivity index (χ2n) is 4.21. The highest BCUT2D eigenvalue weighted by Gasteiger charge is 2.17. The number of pyridine rings is 1. The third-order valence-electron chi connectivity index (χ3n) is 2.64. The molecule has 1 aromatic heterocycles. The van der Waals surface area contributed by atoms with Crippen LogP contribution in [-0.2, 0) is 20.0 Å². The van der Waals surface area contributed by atoms with Crippen molar-refractivity contribution in [2.45, 2.75) is 9.79 Å². The Bertz CT molecular complexity index is 877. The Kier molecular flexibility index (Phi) is 4.35. The van der Waals surface area contributed by atoms with Crippen LogP contribution >= 0.6 is 0 Å². The number of nitrogens with zero attached hydrogens (tertiary/aromatic N) is 1. The van der Waals surface area contributed by atoms with Gasteiger partial charge >= 0.3 is 0 Å². The number of methoxy groups -OCH3 is 1. The topological polar surface area (TPSA) is 128 Å². The van der Waals surface area contributed by atoms with E-state index in [0.717, 1.165) is 6.07 Å². The van der Waals surface area contributed by atoms with Gasteiger partial charge in [-0.3, -0.25) is 4.72 Å². The maximum absolute atomic E-state index is 12.2. The number of nitrogens with one attached hydrogen (secondary N) is 1. The predicted octanol–water partition coefficient (Wildman–Crippen LogP) is 0.538. The number of aromatic nitrogens is 1. The number of ether oxygens (including phenoxy) is 1. The van der Waals surface area contributed by atoms with Crippen molar-refractivity contribution in [2.24, 2.45) is 5.14 Å². The molecule has 10 heteroatoms. The number of hydrogen-bond acceptors (Lipinski definition) is 6. The molecule has 0 spiro atoms. The molecule has 0 amide bonds. The van der Waals surface area contributed by atoms with Crippen LogP contribution in [0, 0.1) is 0 Å². The summed E-state index contributed by atoms with van der Waals surface area (Å²) in [5, 5.41) is 4.99. The Morgan fingerprint density at radius 1 is 1.09 bits per heavy atom. The molecule has 2 rings (SSSR count). The van der Waals surface area contributed by atoms with Gasteiger partial charge in [-0.15, -0.1) is 0 Å². The number of primary sulfonamides is 1. The summed E-state index contributed by atoms with van der Waals surface area (Å²) in [7, 11) is -6.52. The zero-order valence-corrected chi connectivity index (χ0v) is 13.1. The van der Waals surface area contributed by atoms with Crippen LogP contribution in [0.3, 0.4) is 0 Å². The molecule has 0 aliphatic carbocycles. The van der Waals surface area contributed by atoms with Gasteiger partial charge in [0.1, 0.15) is 0 Å². The van der Waals surface area contributed by atoms with Gasteiger partial charge in [-0.05, 0) is 24.3 Å². The van der Waals surface area contributed by atoms with E-state index >= 15 is 0 Å². The molecule has 118 valence electrons. The van der Waals surface area contributed by atoms with Gasteiger partial charge in [0.05, 0.1) is 28.8 Å². The molecule has 0 radical (unpaired) electrons. The average Bonchev–Trinajstić information content (AvgIpc) is 2.47. The molecular weight excluding hydrogens is 330 g/mol. The minimum absolute atomic E-state index is 0.210. The van der Waals surface area contributed by atoms with E-state index in [-0.39, 0.29) is 15.5 Å². The second kappa shape index (κ2) is 5.91. The predicted molar refractivity (Wildman–Crippen MR) is 79.4 cm³/mol. The fourth-order valence-corrected chi connectivity index (χ4v) is 3.32. The summed E-state index contributed by atoms with van der Waals surface area (Å²) in [6.07, 6.45) is 1.28. The highest BCUT2D eigenvalue weighted by Crippen LogP contribution is 2.19. The summed E-state index contributed by atoms with van der Waals surface area (Å²) in [6.45, 7) is 0. The van der Waals surface area contributed by atoms with E-state index in [1.54, 1.807) is 0 Å². The third-order valence-corrected chi connectivity index (χ3v) is 4.93. The molecule has 0 unspecified atom stereocenters. The maximum atomic E-state index is 12.2. The second-order valence-corrected chi connectivity index (χ2v) is 7.46. The molecule has 0 atom stereocenters. The van der Waals surface area contributed by atoms with E-state index in [0.29, 0.717) is 5.88 Å². The maximum Gasteiger partial charge on any atom is 0.261 e. The fraction of sp³-hybridized carbons (Fsp3) is 0.0833. The van der Waals surface area contributed by atoms with E-state index in [1.807, 2.05) is 0 Å². The third kappa shape index (κ3) is 3.72. The van der Waals surface area contributed by atoms with Crippen molar-refractivity contribution in [2.75, 3.05) is 11.8 Å². The Balaban J connectivity index is 2.34. The number of anilines is 1. The van der Waals surface area contributed by atoms with Crippen molar-refractivity contribution in [1.82, 2.24) is 4.98 Å². The molecule has 0 aliphatic heterocycles. The first-order valence-electron chi connectivity index (χ1n) is 5.88. The van der Waals surface area contributed by atoms with Crippen LogP contribution in [-0.4, -0.2) is 28.9 Å². The van der Waals surface area contributed by atoms with E-state index < -0.39 is 20.0 Å². The minimum atomic E-state index is -3.99. The Morgan fingerprint density at radius 3 is 2.32 bits per heavy atom. The SMILES string of the molecule is COc1ccc(NS(=O)(=O)c2cccc(S(N)(=O)=O)c2)cn1. The first-order valence-corrected chi connectivity index (χ1v) is 8.91. The standard InChI is InChI=1S/C12H13N3O5S2/c1-20-12-6-5-9(8-14-12)15-22(18,19)11-4-2-3-10(7-11)21(13,16)17/h2-8,15H,1H3,(H2,13,16,17). The number of rotatable bonds is 5. The Labute approximate surface area is 128 Å². The van der Waals surface area contributed by atoms with Gasteiger partial charge in [0.15, 0.2) is 0 Å². The quantitative estimate of drug-likeness (QED) is 0.815. The molecular formula is C12H13N3O5S2. The van der Waals surface area contributed by atoms with E-state index in [1.165, 1.54) is 43.6 Å². The van der Waals surface area contributed by atoms with Gasteiger partial charge in [0.2, 0.25) is 15.9 Å². The van der Waals surface area contributed by atoms with Crippen molar-refractivity contribution >= 4 is 25.7 Å². The summed E-state index contributed by atoms with van der Waals surface area (Å²) in [5.41, 5.74) is 0.210. The highest BCUT2D eigenvalue weighted by molar-refractivity contribution is 7.93. The van der Waals surface area contributed by atoms with Crippen molar-refractivity contribution < 1.29 is 21.6 Å². The number of benzene rings is 1. The van der Waals surface area contributed by atoms with Gasteiger partial charge in [0, 0.05) is 6.07 Å². The number of sulfonamides is 2. The molecule has 8 nitrogen and oxygen atoms in total. The van der Waals surface area contributed by atoms with Crippen LogP contribution in [0.15, 0.2) is 52.4 Å². The van der Waals surface area contributed by atoms with Gasteiger partial charge < -0.3 is 4.74 Å². The molecule has 0 aliphatic rings. The molecule has 22 heavy (non-hydrogen) atoms. The van der Waals surface area contributed by atoms with Crippen LogP contribution in [0.5, 0.6) is 5.88 Å². The summed E-state index contributed by atoms with van der Waals surface area (Å²) in [4.78, 5) is 3.35. The van der Waals surface area contributed by atoms with Crippen LogP contribution in [0.2, 0.25) is 0 Å². The summed E-state index contributed by atoms with van der Waals surface area (Å²) < 4.78 is 54.2. The summed E-state index contributed by atoms with van der Waals surface area (Å²) >= 11 is 0. The fourth-order valence-electron chi connectivity index (χ4n) is 1.59. The number of nitrogens with two attached hydrogens (primary N) is 1. The lowest BCUT2D eigenvalue weighted by Crippen LogP contribution is -2.16. The molecule has 0 bridgehead atoms. The minimum Gasteiger partial charge on any atom is -0.481 e. The average molecular weight is 343 g/mol. The zero-order valence-electron chi connectivity index (χ0n) is 11.4. The zero-order chi connectivity index (χ0) is 16.4. The normalized spacial score (nSPS) is 11.9. The van der Waals surface area contributed by atoms with Crippen molar-refractivity contribution in [3.63, 3.8) is 0 Å². The molecule has 1 aromatic carbocycles. The van der Waals surface area contributed by atoms with Gasteiger partial charge in [-0.25, -0.2) is 27.0 Å². The smallest absolute Gasteiger partial charge is 0.261 e. The van der Waals surface area contributed by atoms with Crippen LogP contribution in [0.4, 0.5) is 5.69 Å². The Morgan fingerprint density at radius 2 is 1.77 bits per heavy atom. The largest absolute Gasteiger partial charge is 0.481 e. The van der Waals surface area contributed by atoms with Crippen LogP contribution in [0.1, 0.15) is 0 Å². The molecule has 0 saturated carbocycles. The lowest BCUT2D eigenvalue weighted by atomic mass is 10.4. The van der Waals surface area contributed by atoms with E-state index in [4.69, 9.17) is 9.88 Å². The van der Waals surface area contributed by atoms with Crippen molar-refractivity contribution in [3.05, 3.63) is 42.6 Å². The molecule has 3 N–H and O–H groups in total. The number of hydrogen-bond donors (Lipinski definition) is 2. The molecule has 1 heterocycles. The summed E-state index contributed by atoms with van der Waals surface area (Å²) in [5.74, 6) is 0.333. The van der Waals surface area contributed by atoms with Gasteiger partial charge in [-0.2, -0.15) is 0 Å². The lowest BCUT2D eigenvalue weighted by molar-refractivity contribution is 0.398. The summed E-state index contributed by atoms with van der Waals surface area (Å²) in [6, 6.07) is 7.69. The molecule has 0 saturated heterocycles. The molecule has 2 aromatic rings. The van der Waals surface area contributed by atoms with Crippen LogP contribution in [0.25, 0.3) is 0 Å². The van der Waals surface area contributed by atoms with E-state index in [2.05, 4.69) is 9.71 Å². The lowest BCUT2D eigenvalue weighted by Gasteiger charge is -2.09. The van der Waals surface area contributed by atoms with Crippen molar-refractivity contribution in [3.8, 4) is 5.88 Å². The van der Waals surface area contributed by atoms with Crippen molar-refractivity contribution in [1.29, 1.82) is 0 Å². The molecule has 0 fully saturated rings. The monoisotopic (exact) mass is 343 g/mol. The van der Waals surface area contributed by atoms with Gasteiger partial charge in [0.25, 0.3) is 10.0 Å². The highest BCUT2D eigenvalue weighted by atomic mass is 32.2. The first-order chi connectivity index (χ1) is 10.2. The first kappa shape index (κ1) is 16.2. The van der Waals surface area contributed by atoms with Gasteiger partial charge in [-0.1, -0.05) is 6.07 Å². The van der Waals surface area contributed by atoms with Crippen LogP contribution < -0.4 is 14.6 Å².